The molecule has 2 N–H and O–H groups in total. The number of carboxylic acid groups (broad SMARTS) is 1. The Morgan fingerprint density at radius 2 is 2.05 bits per heavy atom. The number of likely N-dealkylation sites (N-methyl/N-ethyl adjacent to an activating group) is 1. The van der Waals surface area contributed by atoms with Crippen molar-refractivity contribution < 1.29 is 19.8 Å². The second kappa shape index (κ2) is 6.23. The molecular weight excluding hydrogens is 248 g/mol. The average Bonchev–Trinajstić information content (AvgIpc) is 2.34. The van der Waals surface area contributed by atoms with Crippen molar-refractivity contribution in [2.75, 3.05) is 26.2 Å². The first-order valence-corrected chi connectivity index (χ1v) is 6.73. The van der Waals surface area contributed by atoms with E-state index in [0.717, 1.165) is 0 Å². The van der Waals surface area contributed by atoms with Gasteiger partial charge in [0.05, 0.1) is 18.1 Å². The van der Waals surface area contributed by atoms with Gasteiger partial charge in [-0.3, -0.25) is 4.79 Å². The van der Waals surface area contributed by atoms with Crippen LogP contribution in [0.2, 0.25) is 0 Å². The summed E-state index contributed by atoms with van der Waals surface area (Å²) < 4.78 is 0. The molecule has 0 unspecified atom stereocenters. The molecule has 1 saturated heterocycles. The minimum Gasteiger partial charge on any atom is -0.481 e. The quantitative estimate of drug-likeness (QED) is 0.800. The fourth-order valence-electron chi connectivity index (χ4n) is 2.33. The SMILES string of the molecule is CCN(CC(C)(C)O)C(=O)N1CCC[C@H](C(=O)O)C1. The number of nitrogens with zero attached hydrogens (tertiary/aromatic N) is 2. The van der Waals surface area contributed by atoms with E-state index in [4.69, 9.17) is 5.11 Å². The third-order valence-electron chi connectivity index (χ3n) is 3.27. The molecule has 19 heavy (non-hydrogen) atoms. The first-order chi connectivity index (χ1) is 8.74. The molecule has 2 amide bonds. The topological polar surface area (TPSA) is 81.1 Å². The second-order valence-corrected chi connectivity index (χ2v) is 5.73. The molecule has 0 aromatic carbocycles. The molecule has 0 saturated carbocycles. The molecule has 1 fully saturated rings. The van der Waals surface area contributed by atoms with Crippen LogP contribution in [0.5, 0.6) is 0 Å². The fraction of sp³-hybridized carbons (Fsp3) is 0.846. The maximum Gasteiger partial charge on any atom is 0.320 e. The van der Waals surface area contributed by atoms with Gasteiger partial charge in [-0.05, 0) is 33.6 Å². The zero-order valence-electron chi connectivity index (χ0n) is 11.9. The molecule has 1 aliphatic heterocycles. The van der Waals surface area contributed by atoms with Gasteiger partial charge in [0.2, 0.25) is 0 Å². The predicted molar refractivity (Wildman–Crippen MR) is 70.9 cm³/mol. The Morgan fingerprint density at radius 3 is 2.53 bits per heavy atom. The lowest BCUT2D eigenvalue weighted by molar-refractivity contribution is -0.143. The van der Waals surface area contributed by atoms with E-state index in [1.165, 1.54) is 0 Å². The van der Waals surface area contributed by atoms with Crippen molar-refractivity contribution in [2.45, 2.75) is 39.2 Å². The lowest BCUT2D eigenvalue weighted by Gasteiger charge is -2.36. The van der Waals surface area contributed by atoms with Crippen LogP contribution in [0.25, 0.3) is 0 Å². The average molecular weight is 272 g/mol. The third kappa shape index (κ3) is 4.70. The molecule has 0 bridgehead atoms. The zero-order chi connectivity index (χ0) is 14.6. The molecule has 0 aliphatic carbocycles. The highest BCUT2D eigenvalue weighted by molar-refractivity contribution is 5.76. The zero-order valence-corrected chi connectivity index (χ0v) is 11.9. The number of rotatable bonds is 4. The number of hydrogen-bond acceptors (Lipinski definition) is 3. The molecule has 1 rings (SSSR count). The third-order valence-corrected chi connectivity index (χ3v) is 3.27. The Balaban J connectivity index is 2.66. The number of likely N-dealkylation sites (tertiary alicyclic amines) is 1. The highest BCUT2D eigenvalue weighted by atomic mass is 16.4. The number of amides is 2. The number of carbonyl (C=O) groups excluding carboxylic acids is 1. The number of aliphatic hydroxyl groups is 1. The summed E-state index contributed by atoms with van der Waals surface area (Å²) in [6.45, 7) is 6.75. The van der Waals surface area contributed by atoms with E-state index in [-0.39, 0.29) is 19.1 Å². The molecule has 110 valence electrons. The number of urea groups is 1. The van der Waals surface area contributed by atoms with Gasteiger partial charge in [-0.1, -0.05) is 0 Å². The molecule has 1 heterocycles. The summed E-state index contributed by atoms with van der Waals surface area (Å²) in [5.41, 5.74) is -0.951. The van der Waals surface area contributed by atoms with Gasteiger partial charge in [-0.25, -0.2) is 4.79 Å². The van der Waals surface area contributed by atoms with Crippen LogP contribution in [0.15, 0.2) is 0 Å². The molecule has 6 nitrogen and oxygen atoms in total. The van der Waals surface area contributed by atoms with Gasteiger partial charge in [0.25, 0.3) is 0 Å². The number of carbonyl (C=O) groups is 2. The molecule has 6 heteroatoms. The largest absolute Gasteiger partial charge is 0.481 e. The van der Waals surface area contributed by atoms with Crippen LogP contribution in [0.3, 0.4) is 0 Å². The van der Waals surface area contributed by atoms with E-state index in [1.807, 2.05) is 6.92 Å². The van der Waals surface area contributed by atoms with E-state index in [9.17, 15) is 14.7 Å². The number of aliphatic carboxylic acids is 1. The van der Waals surface area contributed by atoms with Gasteiger partial charge < -0.3 is 20.0 Å². The monoisotopic (exact) mass is 272 g/mol. The van der Waals surface area contributed by atoms with Gasteiger partial charge in [0.15, 0.2) is 0 Å². The van der Waals surface area contributed by atoms with Crippen molar-refractivity contribution in [1.29, 1.82) is 0 Å². The van der Waals surface area contributed by atoms with Crippen molar-refractivity contribution in [1.82, 2.24) is 9.80 Å². The van der Waals surface area contributed by atoms with Gasteiger partial charge >= 0.3 is 12.0 Å². The Morgan fingerprint density at radius 1 is 1.42 bits per heavy atom. The summed E-state index contributed by atoms with van der Waals surface area (Å²) in [6.07, 6.45) is 1.33. The van der Waals surface area contributed by atoms with E-state index in [0.29, 0.717) is 25.9 Å². The van der Waals surface area contributed by atoms with Crippen molar-refractivity contribution in [3.8, 4) is 0 Å². The molecule has 0 radical (unpaired) electrons. The van der Waals surface area contributed by atoms with Crippen LogP contribution >= 0.6 is 0 Å². The van der Waals surface area contributed by atoms with Crippen LogP contribution in [0.4, 0.5) is 4.79 Å². The maximum atomic E-state index is 12.3. The van der Waals surface area contributed by atoms with Crippen LogP contribution in [-0.4, -0.2) is 63.8 Å². The van der Waals surface area contributed by atoms with Crippen molar-refractivity contribution in [3.63, 3.8) is 0 Å². The number of carboxylic acids is 1. The standard InChI is InChI=1S/C13H24N2O4/c1-4-14(9-13(2,3)19)12(18)15-7-5-6-10(8-15)11(16)17/h10,19H,4-9H2,1-3H3,(H,16,17)/t10-/m0/s1. The second-order valence-electron chi connectivity index (χ2n) is 5.73. The highest BCUT2D eigenvalue weighted by Gasteiger charge is 2.31. The van der Waals surface area contributed by atoms with Crippen molar-refractivity contribution in [3.05, 3.63) is 0 Å². The Bertz CT molecular complexity index is 338. The van der Waals surface area contributed by atoms with Gasteiger partial charge in [0, 0.05) is 19.6 Å². The summed E-state index contributed by atoms with van der Waals surface area (Å²) >= 11 is 0. The summed E-state index contributed by atoms with van der Waals surface area (Å²) in [5.74, 6) is -1.32. The molecule has 0 aromatic heterocycles. The molecule has 1 atom stereocenters. The highest BCUT2D eigenvalue weighted by Crippen LogP contribution is 2.18. The summed E-state index contributed by atoms with van der Waals surface area (Å²) in [6, 6.07) is -0.185. The minimum atomic E-state index is -0.951. The Hall–Kier alpha value is -1.30. The normalized spacial score (nSPS) is 20.2. The molecule has 0 aromatic rings. The molecule has 1 aliphatic rings. The number of piperidine rings is 1. The van der Waals surface area contributed by atoms with E-state index >= 15 is 0 Å². The lowest BCUT2D eigenvalue weighted by atomic mass is 9.98. The van der Waals surface area contributed by atoms with Gasteiger partial charge in [0.1, 0.15) is 0 Å². The predicted octanol–water partition coefficient (Wildman–Crippen LogP) is 0.996. The summed E-state index contributed by atoms with van der Waals surface area (Å²) in [4.78, 5) is 26.5. The Kier molecular flexibility index (Phi) is 5.17. The summed E-state index contributed by atoms with van der Waals surface area (Å²) in [5, 5.41) is 18.8. The lowest BCUT2D eigenvalue weighted by Crippen LogP contribution is -2.51. The van der Waals surface area contributed by atoms with E-state index < -0.39 is 17.5 Å². The van der Waals surface area contributed by atoms with E-state index in [2.05, 4.69) is 0 Å². The van der Waals surface area contributed by atoms with Crippen LogP contribution in [-0.2, 0) is 4.79 Å². The minimum absolute atomic E-state index is 0.185. The summed E-state index contributed by atoms with van der Waals surface area (Å²) in [7, 11) is 0. The molecule has 0 spiro atoms. The van der Waals surface area contributed by atoms with Crippen molar-refractivity contribution >= 4 is 12.0 Å². The van der Waals surface area contributed by atoms with Crippen LogP contribution in [0.1, 0.15) is 33.6 Å². The van der Waals surface area contributed by atoms with Gasteiger partial charge in [-0.2, -0.15) is 0 Å². The van der Waals surface area contributed by atoms with Crippen LogP contribution < -0.4 is 0 Å². The first-order valence-electron chi connectivity index (χ1n) is 6.73. The number of hydrogen-bond donors (Lipinski definition) is 2. The smallest absolute Gasteiger partial charge is 0.320 e. The fourth-order valence-corrected chi connectivity index (χ4v) is 2.33. The van der Waals surface area contributed by atoms with E-state index in [1.54, 1.807) is 23.6 Å². The molecular formula is C13H24N2O4. The van der Waals surface area contributed by atoms with Gasteiger partial charge in [-0.15, -0.1) is 0 Å². The first kappa shape index (κ1) is 15.8. The van der Waals surface area contributed by atoms with Crippen molar-refractivity contribution in [2.24, 2.45) is 5.92 Å². The van der Waals surface area contributed by atoms with Crippen LogP contribution in [0, 0.1) is 5.92 Å². The maximum absolute atomic E-state index is 12.3. The Labute approximate surface area is 114 Å².